The van der Waals surface area contributed by atoms with Crippen molar-refractivity contribution in [3.8, 4) is 0 Å². The quantitative estimate of drug-likeness (QED) is 0.370. The fourth-order valence-corrected chi connectivity index (χ4v) is 0.928. The zero-order chi connectivity index (χ0) is 10.4. The van der Waals surface area contributed by atoms with Gasteiger partial charge in [0.2, 0.25) is 0 Å². The van der Waals surface area contributed by atoms with Crippen LogP contribution >= 0.6 is 0 Å². The molecule has 2 N–H and O–H groups in total. The Kier molecular flexibility index (Phi) is 4.40. The van der Waals surface area contributed by atoms with Crippen LogP contribution in [0.15, 0.2) is 0 Å². The van der Waals surface area contributed by atoms with E-state index in [0.29, 0.717) is 0 Å². The Morgan fingerprint density at radius 2 is 2.15 bits per heavy atom. The van der Waals surface area contributed by atoms with Crippen molar-refractivity contribution < 1.29 is 19.5 Å². The molecule has 1 unspecified atom stereocenters. The maximum atomic E-state index is 10.9. The summed E-state index contributed by atoms with van der Waals surface area (Å²) in [5.74, 6) is -0.798. The van der Waals surface area contributed by atoms with Crippen LogP contribution in [0.25, 0.3) is 5.53 Å². The van der Waals surface area contributed by atoms with Crippen LogP contribution in [-0.2, 0) is 4.79 Å². The molecule has 0 bridgehead atoms. The molecule has 0 aromatic heterocycles. The fourth-order valence-electron chi connectivity index (χ4n) is 0.928. The van der Waals surface area contributed by atoms with Crippen molar-refractivity contribution in [2.75, 3.05) is 0 Å². The normalized spacial score (nSPS) is 13.7. The lowest BCUT2D eigenvalue weighted by atomic mass is 10.0. The molecule has 2 atom stereocenters. The van der Waals surface area contributed by atoms with Gasteiger partial charge >= 0.3 is 6.09 Å². The number of rotatable bonds is 4. The number of ketones is 1. The first kappa shape index (κ1) is 11.3. The van der Waals surface area contributed by atoms with Crippen LogP contribution in [0, 0.1) is 5.92 Å². The van der Waals surface area contributed by atoms with Gasteiger partial charge < -0.3 is 16.0 Å². The molecule has 72 valence electrons. The Hall–Kier alpha value is -1.68. The van der Waals surface area contributed by atoms with E-state index in [1.165, 1.54) is 6.92 Å². The monoisotopic (exact) mass is 185 g/mol. The molecule has 0 aromatic rings. The number of carboxylic acid groups (broad SMARTS) is 1. The van der Waals surface area contributed by atoms with Gasteiger partial charge in [0.15, 0.2) is 5.78 Å². The number of Topliss-reactive ketones (excluding diaryl/α,β-unsaturated/α-hetero) is 1. The van der Waals surface area contributed by atoms with E-state index in [4.69, 9.17) is 10.6 Å². The molecule has 0 heterocycles. The first-order valence-corrected chi connectivity index (χ1v) is 3.66. The van der Waals surface area contributed by atoms with E-state index in [1.807, 2.05) is 5.32 Å². The molecule has 0 aliphatic rings. The fraction of sp³-hybridized carbons (Fsp3) is 0.571. The summed E-state index contributed by atoms with van der Waals surface area (Å²) in [7, 11) is 0. The molecule has 6 nitrogen and oxygen atoms in total. The minimum atomic E-state index is -1.28. The molecular formula is C7H11N3O3. The summed E-state index contributed by atoms with van der Waals surface area (Å²) in [5, 5.41) is 10.4. The number of nitrogens with zero attached hydrogens (tertiary/aromatic N) is 2. The summed E-state index contributed by atoms with van der Waals surface area (Å²) < 4.78 is 0. The van der Waals surface area contributed by atoms with Crippen LogP contribution in [0.2, 0.25) is 0 Å². The molecule has 0 aliphatic heterocycles. The van der Waals surface area contributed by atoms with Gasteiger partial charge in [-0.05, 0) is 13.8 Å². The molecule has 0 aliphatic carbocycles. The molecule has 0 aromatic carbocycles. The SMILES string of the molecule is CC(=O)[C@H](NC(=O)O)C(C)C=[N+]=[N-]. The molecule has 6 heteroatoms. The summed E-state index contributed by atoms with van der Waals surface area (Å²) in [6, 6.07) is -0.867. The van der Waals surface area contributed by atoms with Gasteiger partial charge in [-0.3, -0.25) is 4.79 Å². The summed E-state index contributed by atoms with van der Waals surface area (Å²) in [5.41, 5.74) is 8.18. The second kappa shape index (κ2) is 5.05. The van der Waals surface area contributed by atoms with Crippen LogP contribution in [0.5, 0.6) is 0 Å². The average molecular weight is 185 g/mol. The lowest BCUT2D eigenvalue weighted by Gasteiger charge is -2.14. The molecule has 0 saturated heterocycles. The highest BCUT2D eigenvalue weighted by atomic mass is 16.4. The van der Waals surface area contributed by atoms with Gasteiger partial charge in [0.1, 0.15) is 6.04 Å². The molecule has 0 spiro atoms. The number of amides is 1. The molecule has 1 amide bonds. The lowest BCUT2D eigenvalue weighted by molar-refractivity contribution is -0.119. The van der Waals surface area contributed by atoms with Crippen LogP contribution in [0.3, 0.4) is 0 Å². The lowest BCUT2D eigenvalue weighted by Crippen LogP contribution is -2.44. The van der Waals surface area contributed by atoms with Crippen molar-refractivity contribution in [2.24, 2.45) is 5.92 Å². The van der Waals surface area contributed by atoms with E-state index in [1.54, 1.807) is 6.92 Å². The summed E-state index contributed by atoms with van der Waals surface area (Å²) in [4.78, 5) is 23.9. The van der Waals surface area contributed by atoms with Crippen LogP contribution in [0.4, 0.5) is 4.79 Å². The third-order valence-corrected chi connectivity index (χ3v) is 1.54. The minimum Gasteiger partial charge on any atom is -0.465 e. The second-order valence-electron chi connectivity index (χ2n) is 2.66. The Bertz CT molecular complexity index is 258. The summed E-state index contributed by atoms with van der Waals surface area (Å²) in [6.45, 7) is 2.84. The third kappa shape index (κ3) is 4.03. The van der Waals surface area contributed by atoms with Crippen molar-refractivity contribution >= 4 is 18.1 Å². The molecule has 0 rings (SSSR count). The standard InChI is InChI=1S/C7H11N3O3/c1-4(3-9-8)6(5(2)11)10-7(12)13/h3-4,6,10H,1-2H3,(H,12,13)/t4?,6-/m1/s1. The van der Waals surface area contributed by atoms with Crippen molar-refractivity contribution in [3.63, 3.8) is 0 Å². The molecule has 13 heavy (non-hydrogen) atoms. The zero-order valence-electron chi connectivity index (χ0n) is 7.39. The van der Waals surface area contributed by atoms with Gasteiger partial charge in [-0.2, -0.15) is 4.79 Å². The topological polar surface area (TPSA) is 103 Å². The molecule has 0 saturated carbocycles. The van der Waals surface area contributed by atoms with Gasteiger partial charge in [0, 0.05) is 0 Å². The maximum Gasteiger partial charge on any atom is 0.405 e. The minimum absolute atomic E-state index is 0.324. The van der Waals surface area contributed by atoms with Gasteiger partial charge in [-0.25, -0.2) is 4.79 Å². The van der Waals surface area contributed by atoms with Crippen LogP contribution in [-0.4, -0.2) is 34.0 Å². The Morgan fingerprint density at radius 3 is 2.46 bits per heavy atom. The van der Waals surface area contributed by atoms with E-state index in [9.17, 15) is 9.59 Å². The highest BCUT2D eigenvalue weighted by Crippen LogP contribution is 2.00. The molecular weight excluding hydrogens is 174 g/mol. The van der Waals surface area contributed by atoms with Gasteiger partial charge in [0.05, 0.1) is 5.92 Å². The van der Waals surface area contributed by atoms with Crippen LogP contribution < -0.4 is 5.32 Å². The van der Waals surface area contributed by atoms with Crippen molar-refractivity contribution in [1.82, 2.24) is 5.32 Å². The first-order chi connectivity index (χ1) is 5.99. The summed E-state index contributed by atoms with van der Waals surface area (Å²) >= 11 is 0. The smallest absolute Gasteiger partial charge is 0.405 e. The number of nitrogens with one attached hydrogen (secondary N) is 1. The number of carbonyl (C=O) groups is 2. The van der Waals surface area contributed by atoms with E-state index in [-0.39, 0.29) is 5.78 Å². The molecule has 0 fully saturated rings. The van der Waals surface area contributed by atoms with E-state index < -0.39 is 18.1 Å². The van der Waals surface area contributed by atoms with Crippen molar-refractivity contribution in [2.45, 2.75) is 19.9 Å². The molecule has 0 radical (unpaired) electrons. The number of carbonyl (C=O) groups excluding carboxylic acids is 1. The largest absolute Gasteiger partial charge is 0.465 e. The zero-order valence-corrected chi connectivity index (χ0v) is 7.39. The second-order valence-corrected chi connectivity index (χ2v) is 2.66. The van der Waals surface area contributed by atoms with E-state index in [0.717, 1.165) is 6.21 Å². The first-order valence-electron chi connectivity index (χ1n) is 3.66. The Morgan fingerprint density at radius 1 is 1.62 bits per heavy atom. The van der Waals surface area contributed by atoms with Crippen molar-refractivity contribution in [3.05, 3.63) is 5.53 Å². The van der Waals surface area contributed by atoms with E-state index in [2.05, 4.69) is 4.79 Å². The Balaban J connectivity index is 4.49. The third-order valence-electron chi connectivity index (χ3n) is 1.54. The van der Waals surface area contributed by atoms with Crippen LogP contribution in [0.1, 0.15) is 13.8 Å². The van der Waals surface area contributed by atoms with Gasteiger partial charge in [-0.15, -0.1) is 0 Å². The highest BCUT2D eigenvalue weighted by molar-refractivity contribution is 5.87. The maximum absolute atomic E-state index is 10.9. The average Bonchev–Trinajstić information content (AvgIpc) is 1.99. The van der Waals surface area contributed by atoms with Crippen molar-refractivity contribution in [1.29, 1.82) is 0 Å². The number of hydrogen-bond donors (Lipinski definition) is 2. The highest BCUT2D eigenvalue weighted by Gasteiger charge is 2.24. The van der Waals surface area contributed by atoms with E-state index >= 15 is 0 Å². The predicted molar refractivity (Wildman–Crippen MR) is 44.5 cm³/mol. The van der Waals surface area contributed by atoms with Gasteiger partial charge in [-0.1, -0.05) is 0 Å². The van der Waals surface area contributed by atoms with Gasteiger partial charge in [0.25, 0.3) is 6.21 Å². The predicted octanol–water partition coefficient (Wildman–Crippen LogP) is 0.148. The Labute approximate surface area is 75.2 Å². The summed E-state index contributed by atoms with van der Waals surface area (Å²) in [6.07, 6.45) is -0.180. The number of hydrogen-bond acceptors (Lipinski definition) is 2.